The van der Waals surface area contributed by atoms with Crippen molar-refractivity contribution in [3.05, 3.63) is 40.4 Å². The highest BCUT2D eigenvalue weighted by Crippen LogP contribution is 2.12. The van der Waals surface area contributed by atoms with Crippen LogP contribution in [-0.2, 0) is 9.59 Å². The highest BCUT2D eigenvalue weighted by atomic mass is 79.9. The lowest BCUT2D eigenvalue weighted by Crippen LogP contribution is -2.50. The molecule has 2 amide bonds. The Morgan fingerprint density at radius 3 is 2.22 bits per heavy atom. The number of halogens is 1. The number of carbonyl (C=O) groups excluding carboxylic acids is 2. The Balaban J connectivity index is 1.83. The normalized spacial score (nSPS) is 15.5. The molecule has 1 aromatic carbocycles. The standard InChI is InChI=1S/C18H23BrN2O2/c1-14(2)13-18(23)21-11-9-20(10-12-21)17(22)8-5-15-3-6-16(19)7-4-15/h3-8,14H,9-13H2,1-2H3. The number of rotatable bonds is 4. The molecule has 0 bridgehead atoms. The van der Waals surface area contributed by atoms with Crippen LogP contribution in [0.4, 0.5) is 0 Å². The Morgan fingerprint density at radius 1 is 1.09 bits per heavy atom. The summed E-state index contributed by atoms with van der Waals surface area (Å²) in [5, 5.41) is 0. The van der Waals surface area contributed by atoms with Crippen LogP contribution in [0, 0.1) is 5.92 Å². The van der Waals surface area contributed by atoms with Crippen molar-refractivity contribution in [3.8, 4) is 0 Å². The van der Waals surface area contributed by atoms with E-state index in [1.807, 2.05) is 49.1 Å². The van der Waals surface area contributed by atoms with Gasteiger partial charge in [-0.15, -0.1) is 0 Å². The molecule has 0 atom stereocenters. The van der Waals surface area contributed by atoms with Crippen molar-refractivity contribution in [2.75, 3.05) is 26.2 Å². The van der Waals surface area contributed by atoms with Crippen molar-refractivity contribution in [2.45, 2.75) is 20.3 Å². The summed E-state index contributed by atoms with van der Waals surface area (Å²) >= 11 is 3.39. The predicted molar refractivity (Wildman–Crippen MR) is 95.8 cm³/mol. The summed E-state index contributed by atoms with van der Waals surface area (Å²) in [6.07, 6.45) is 4.01. The highest BCUT2D eigenvalue weighted by Gasteiger charge is 2.23. The molecule has 1 aliphatic heterocycles. The molecule has 124 valence electrons. The lowest BCUT2D eigenvalue weighted by atomic mass is 10.1. The molecule has 0 N–H and O–H groups in total. The van der Waals surface area contributed by atoms with Crippen molar-refractivity contribution in [2.24, 2.45) is 5.92 Å². The third-order valence-corrected chi connectivity index (χ3v) is 4.34. The topological polar surface area (TPSA) is 40.6 Å². The molecule has 0 aromatic heterocycles. The van der Waals surface area contributed by atoms with Gasteiger partial charge in [-0.05, 0) is 29.7 Å². The van der Waals surface area contributed by atoms with Gasteiger partial charge in [0, 0.05) is 43.1 Å². The van der Waals surface area contributed by atoms with Gasteiger partial charge in [0.1, 0.15) is 0 Å². The molecule has 1 heterocycles. The van der Waals surface area contributed by atoms with Crippen LogP contribution in [0.25, 0.3) is 6.08 Å². The first-order chi connectivity index (χ1) is 11.0. The van der Waals surface area contributed by atoms with Gasteiger partial charge in [-0.3, -0.25) is 9.59 Å². The minimum atomic E-state index is 0.00359. The molecular formula is C18H23BrN2O2. The quantitative estimate of drug-likeness (QED) is 0.754. The molecule has 2 rings (SSSR count). The fraction of sp³-hybridized carbons (Fsp3) is 0.444. The second-order valence-corrected chi connectivity index (χ2v) is 7.10. The Bertz CT molecular complexity index is 573. The molecule has 1 aromatic rings. The molecule has 5 heteroatoms. The fourth-order valence-electron chi connectivity index (χ4n) is 2.50. The molecule has 4 nitrogen and oxygen atoms in total. The molecule has 0 spiro atoms. The maximum Gasteiger partial charge on any atom is 0.246 e. The van der Waals surface area contributed by atoms with Gasteiger partial charge in [-0.2, -0.15) is 0 Å². The van der Waals surface area contributed by atoms with Crippen molar-refractivity contribution >= 4 is 33.8 Å². The van der Waals surface area contributed by atoms with E-state index < -0.39 is 0 Å². The lowest BCUT2D eigenvalue weighted by molar-refractivity contribution is -0.137. The first-order valence-electron chi connectivity index (χ1n) is 7.96. The van der Waals surface area contributed by atoms with Crippen molar-refractivity contribution < 1.29 is 9.59 Å². The number of hydrogen-bond acceptors (Lipinski definition) is 2. The van der Waals surface area contributed by atoms with Gasteiger partial charge in [0.15, 0.2) is 0 Å². The summed E-state index contributed by atoms with van der Waals surface area (Å²) in [4.78, 5) is 27.9. The van der Waals surface area contributed by atoms with Gasteiger partial charge >= 0.3 is 0 Å². The maximum atomic E-state index is 12.2. The van der Waals surface area contributed by atoms with Crippen LogP contribution in [-0.4, -0.2) is 47.8 Å². The van der Waals surface area contributed by atoms with E-state index in [9.17, 15) is 9.59 Å². The fourth-order valence-corrected chi connectivity index (χ4v) is 2.77. The van der Waals surface area contributed by atoms with Crippen molar-refractivity contribution in [1.29, 1.82) is 0 Å². The van der Waals surface area contributed by atoms with Gasteiger partial charge in [0.2, 0.25) is 11.8 Å². The van der Waals surface area contributed by atoms with Gasteiger partial charge in [-0.25, -0.2) is 0 Å². The Labute approximate surface area is 146 Å². The van der Waals surface area contributed by atoms with Crippen LogP contribution in [0.5, 0.6) is 0 Å². The van der Waals surface area contributed by atoms with E-state index >= 15 is 0 Å². The summed E-state index contributed by atoms with van der Waals surface area (Å²) in [7, 11) is 0. The maximum absolute atomic E-state index is 12.2. The van der Waals surface area contributed by atoms with Crippen molar-refractivity contribution in [1.82, 2.24) is 9.80 Å². The first-order valence-corrected chi connectivity index (χ1v) is 8.75. The Morgan fingerprint density at radius 2 is 1.65 bits per heavy atom. The number of carbonyl (C=O) groups is 2. The summed E-state index contributed by atoms with van der Waals surface area (Å²) in [5.41, 5.74) is 0.993. The van der Waals surface area contributed by atoms with Crippen LogP contribution in [0.2, 0.25) is 0 Å². The largest absolute Gasteiger partial charge is 0.339 e. The van der Waals surface area contributed by atoms with E-state index in [0.717, 1.165) is 10.0 Å². The zero-order valence-corrected chi connectivity index (χ0v) is 15.3. The average molecular weight is 379 g/mol. The molecule has 0 radical (unpaired) electrons. The van der Waals surface area contributed by atoms with Crippen LogP contribution < -0.4 is 0 Å². The summed E-state index contributed by atoms with van der Waals surface area (Å²) in [6.45, 7) is 6.56. The van der Waals surface area contributed by atoms with Gasteiger partial charge in [0.05, 0.1) is 0 Å². The Hall–Kier alpha value is -1.62. The van der Waals surface area contributed by atoms with Gasteiger partial charge < -0.3 is 9.80 Å². The summed E-state index contributed by atoms with van der Waals surface area (Å²) in [5.74, 6) is 0.567. The van der Waals surface area contributed by atoms with Crippen LogP contribution in [0.3, 0.4) is 0 Å². The van der Waals surface area contributed by atoms with E-state index in [0.29, 0.717) is 38.5 Å². The molecule has 1 saturated heterocycles. The number of hydrogen-bond donors (Lipinski definition) is 0. The van der Waals surface area contributed by atoms with E-state index in [1.54, 1.807) is 11.0 Å². The average Bonchev–Trinajstić information content (AvgIpc) is 2.53. The zero-order valence-electron chi connectivity index (χ0n) is 13.7. The molecule has 23 heavy (non-hydrogen) atoms. The minimum absolute atomic E-state index is 0.00359. The van der Waals surface area contributed by atoms with E-state index in [-0.39, 0.29) is 11.8 Å². The van der Waals surface area contributed by atoms with E-state index in [1.165, 1.54) is 0 Å². The smallest absolute Gasteiger partial charge is 0.246 e. The number of nitrogens with zero attached hydrogens (tertiary/aromatic N) is 2. The molecule has 0 unspecified atom stereocenters. The second kappa shape index (κ2) is 8.29. The third-order valence-electron chi connectivity index (χ3n) is 3.82. The molecule has 0 saturated carbocycles. The van der Waals surface area contributed by atoms with Crippen LogP contribution in [0.15, 0.2) is 34.8 Å². The highest BCUT2D eigenvalue weighted by molar-refractivity contribution is 9.10. The number of piperazine rings is 1. The molecular weight excluding hydrogens is 356 g/mol. The predicted octanol–water partition coefficient (Wildman–Crippen LogP) is 3.18. The Kier molecular flexibility index (Phi) is 6.39. The first kappa shape index (κ1) is 17.7. The minimum Gasteiger partial charge on any atom is -0.339 e. The van der Waals surface area contributed by atoms with Crippen LogP contribution >= 0.6 is 15.9 Å². The van der Waals surface area contributed by atoms with E-state index in [2.05, 4.69) is 15.9 Å². The zero-order chi connectivity index (χ0) is 16.8. The summed E-state index contributed by atoms with van der Waals surface area (Å²) < 4.78 is 1.02. The third kappa shape index (κ3) is 5.50. The van der Waals surface area contributed by atoms with Gasteiger partial charge in [0.25, 0.3) is 0 Å². The second-order valence-electron chi connectivity index (χ2n) is 6.19. The van der Waals surface area contributed by atoms with Gasteiger partial charge in [-0.1, -0.05) is 41.9 Å². The van der Waals surface area contributed by atoms with E-state index in [4.69, 9.17) is 0 Å². The van der Waals surface area contributed by atoms with Crippen molar-refractivity contribution in [3.63, 3.8) is 0 Å². The molecule has 1 fully saturated rings. The summed E-state index contributed by atoms with van der Waals surface area (Å²) in [6, 6.07) is 7.80. The monoisotopic (exact) mass is 378 g/mol. The van der Waals surface area contributed by atoms with Crippen LogP contribution in [0.1, 0.15) is 25.8 Å². The molecule has 0 aliphatic carbocycles. The number of benzene rings is 1. The number of amides is 2. The lowest BCUT2D eigenvalue weighted by Gasteiger charge is -2.34. The molecule has 1 aliphatic rings. The SMILES string of the molecule is CC(C)CC(=O)N1CCN(C(=O)C=Cc2ccc(Br)cc2)CC1.